The summed E-state index contributed by atoms with van der Waals surface area (Å²) in [6.45, 7) is 8.26. The third-order valence-electron chi connectivity index (χ3n) is 4.50. The van der Waals surface area contributed by atoms with Crippen molar-refractivity contribution in [2.75, 3.05) is 0 Å². The van der Waals surface area contributed by atoms with Gasteiger partial charge in [-0.25, -0.2) is 0 Å². The predicted octanol–water partition coefficient (Wildman–Crippen LogP) is 7.82. The fourth-order valence-corrected chi connectivity index (χ4v) is 2.78. The summed E-state index contributed by atoms with van der Waals surface area (Å²) in [5.41, 5.74) is 0. The van der Waals surface area contributed by atoms with E-state index in [0.29, 0.717) is 11.6 Å². The van der Waals surface area contributed by atoms with Crippen LogP contribution >= 0.6 is 0 Å². The number of unbranched alkanes of at least 4 members (excludes halogenated alkanes) is 11. The zero-order valence-corrected chi connectivity index (χ0v) is 17.8. The van der Waals surface area contributed by atoms with E-state index in [-0.39, 0.29) is 0 Å². The molecular formula is C23H46O2. The SMILES string of the molecule is CCCCCC(=O)CCCCC.CCCCCCCCCCC(C)=O. The highest BCUT2D eigenvalue weighted by atomic mass is 16.1. The van der Waals surface area contributed by atoms with Crippen molar-refractivity contribution < 1.29 is 9.59 Å². The van der Waals surface area contributed by atoms with Crippen LogP contribution in [0.25, 0.3) is 0 Å². The number of Topliss-reactive ketones (excluding diaryl/α,β-unsaturated/α-hetero) is 2. The molecule has 150 valence electrons. The van der Waals surface area contributed by atoms with E-state index in [1.54, 1.807) is 6.92 Å². The summed E-state index contributed by atoms with van der Waals surface area (Å²) in [5.74, 6) is 0.808. The minimum Gasteiger partial charge on any atom is -0.300 e. The Balaban J connectivity index is 0. The number of carbonyl (C=O) groups excluding carboxylic acids is 2. The first-order valence-electron chi connectivity index (χ1n) is 11.1. The van der Waals surface area contributed by atoms with Crippen LogP contribution in [0.3, 0.4) is 0 Å². The Morgan fingerprint density at radius 3 is 1.20 bits per heavy atom. The van der Waals surface area contributed by atoms with Gasteiger partial charge in [0.25, 0.3) is 0 Å². The van der Waals surface area contributed by atoms with Crippen LogP contribution in [0.2, 0.25) is 0 Å². The molecule has 0 aromatic rings. The summed E-state index contributed by atoms with van der Waals surface area (Å²) >= 11 is 0. The topological polar surface area (TPSA) is 34.1 Å². The molecule has 0 aliphatic heterocycles. The van der Waals surface area contributed by atoms with Gasteiger partial charge < -0.3 is 4.79 Å². The second kappa shape index (κ2) is 23.3. The first-order chi connectivity index (χ1) is 12.1. The lowest BCUT2D eigenvalue weighted by Gasteiger charge is -1.99. The maximum absolute atomic E-state index is 11.2. The van der Waals surface area contributed by atoms with Gasteiger partial charge in [0.15, 0.2) is 0 Å². The Morgan fingerprint density at radius 2 is 0.800 bits per heavy atom. The molecule has 0 aromatic heterocycles. The van der Waals surface area contributed by atoms with E-state index in [2.05, 4.69) is 20.8 Å². The molecule has 0 aliphatic rings. The molecule has 0 spiro atoms. The van der Waals surface area contributed by atoms with E-state index in [9.17, 15) is 9.59 Å². The van der Waals surface area contributed by atoms with Crippen molar-refractivity contribution in [1.29, 1.82) is 0 Å². The normalized spacial score (nSPS) is 10.2. The number of carbonyl (C=O) groups is 2. The van der Waals surface area contributed by atoms with Crippen molar-refractivity contribution in [3.63, 3.8) is 0 Å². The summed E-state index contributed by atoms with van der Waals surface area (Å²) in [4.78, 5) is 21.8. The van der Waals surface area contributed by atoms with Gasteiger partial charge in [-0.05, 0) is 26.2 Å². The van der Waals surface area contributed by atoms with Gasteiger partial charge in [-0.15, -0.1) is 0 Å². The fourth-order valence-electron chi connectivity index (χ4n) is 2.78. The molecule has 0 heterocycles. The molecule has 0 saturated carbocycles. The summed E-state index contributed by atoms with van der Waals surface area (Å²) in [7, 11) is 0. The van der Waals surface area contributed by atoms with Crippen molar-refractivity contribution in [3.05, 3.63) is 0 Å². The molecule has 2 heteroatoms. The van der Waals surface area contributed by atoms with Gasteiger partial charge in [-0.3, -0.25) is 4.79 Å². The number of rotatable bonds is 17. The molecule has 0 amide bonds. The lowest BCUT2D eigenvalue weighted by molar-refractivity contribution is -0.119. The lowest BCUT2D eigenvalue weighted by Crippen LogP contribution is -1.96. The summed E-state index contributed by atoms with van der Waals surface area (Å²) in [6.07, 6.45) is 20.0. The van der Waals surface area contributed by atoms with Crippen LogP contribution in [0.4, 0.5) is 0 Å². The van der Waals surface area contributed by atoms with Gasteiger partial charge >= 0.3 is 0 Å². The summed E-state index contributed by atoms with van der Waals surface area (Å²) < 4.78 is 0. The Morgan fingerprint density at radius 1 is 0.480 bits per heavy atom. The first-order valence-corrected chi connectivity index (χ1v) is 11.1. The molecule has 0 saturated heterocycles. The van der Waals surface area contributed by atoms with Crippen molar-refractivity contribution in [2.24, 2.45) is 0 Å². The van der Waals surface area contributed by atoms with Crippen molar-refractivity contribution in [2.45, 2.75) is 137 Å². The third kappa shape index (κ3) is 28.4. The van der Waals surface area contributed by atoms with Crippen LogP contribution in [0, 0.1) is 0 Å². The number of ketones is 2. The molecule has 0 unspecified atom stereocenters. The highest BCUT2D eigenvalue weighted by molar-refractivity contribution is 5.78. The first kappa shape index (κ1) is 26.6. The van der Waals surface area contributed by atoms with Gasteiger partial charge in [-0.2, -0.15) is 0 Å². The number of hydrogen-bond donors (Lipinski definition) is 0. The van der Waals surface area contributed by atoms with Crippen LogP contribution in [0.5, 0.6) is 0 Å². The van der Waals surface area contributed by atoms with E-state index in [4.69, 9.17) is 0 Å². The molecule has 0 atom stereocenters. The molecule has 0 aliphatic carbocycles. The van der Waals surface area contributed by atoms with Gasteiger partial charge in [0.2, 0.25) is 0 Å². The van der Waals surface area contributed by atoms with Crippen LogP contribution in [-0.2, 0) is 9.59 Å². The minimum atomic E-state index is 0.339. The van der Waals surface area contributed by atoms with Crippen LogP contribution in [0.1, 0.15) is 137 Å². The van der Waals surface area contributed by atoms with Crippen LogP contribution in [0.15, 0.2) is 0 Å². The number of hydrogen-bond acceptors (Lipinski definition) is 2. The highest BCUT2D eigenvalue weighted by Crippen LogP contribution is 2.09. The molecule has 0 aromatic carbocycles. The second-order valence-electron chi connectivity index (χ2n) is 7.38. The maximum atomic E-state index is 11.2. The molecule has 25 heavy (non-hydrogen) atoms. The lowest BCUT2D eigenvalue weighted by atomic mass is 10.1. The van der Waals surface area contributed by atoms with Gasteiger partial charge in [0.05, 0.1) is 0 Å². The fraction of sp³-hybridized carbons (Fsp3) is 0.913. The van der Waals surface area contributed by atoms with E-state index in [1.165, 1.54) is 70.6 Å². The summed E-state index contributed by atoms with van der Waals surface area (Å²) in [6, 6.07) is 0. The molecule has 2 nitrogen and oxygen atoms in total. The maximum Gasteiger partial charge on any atom is 0.132 e. The smallest absolute Gasteiger partial charge is 0.132 e. The van der Waals surface area contributed by atoms with E-state index in [1.807, 2.05) is 0 Å². The Labute approximate surface area is 158 Å². The van der Waals surface area contributed by atoms with Crippen molar-refractivity contribution in [3.8, 4) is 0 Å². The molecule has 0 bridgehead atoms. The Bertz CT molecular complexity index is 272. The molecule has 0 rings (SSSR count). The average molecular weight is 355 g/mol. The quantitative estimate of drug-likeness (QED) is 0.249. The van der Waals surface area contributed by atoms with Crippen LogP contribution in [-0.4, -0.2) is 11.6 Å². The zero-order chi connectivity index (χ0) is 19.2. The van der Waals surface area contributed by atoms with E-state index < -0.39 is 0 Å². The van der Waals surface area contributed by atoms with Crippen molar-refractivity contribution >= 4 is 11.6 Å². The Kier molecular flexibility index (Phi) is 24.8. The molecule has 0 N–H and O–H groups in total. The van der Waals surface area contributed by atoms with E-state index in [0.717, 1.165) is 38.5 Å². The van der Waals surface area contributed by atoms with Gasteiger partial charge in [0.1, 0.15) is 11.6 Å². The minimum absolute atomic E-state index is 0.339. The van der Waals surface area contributed by atoms with Gasteiger partial charge in [0, 0.05) is 19.3 Å². The monoisotopic (exact) mass is 354 g/mol. The van der Waals surface area contributed by atoms with E-state index >= 15 is 0 Å². The third-order valence-corrected chi connectivity index (χ3v) is 4.50. The van der Waals surface area contributed by atoms with Gasteiger partial charge in [-0.1, -0.05) is 91.4 Å². The highest BCUT2D eigenvalue weighted by Gasteiger charge is 2.00. The predicted molar refractivity (Wildman–Crippen MR) is 111 cm³/mol. The van der Waals surface area contributed by atoms with Crippen molar-refractivity contribution in [1.82, 2.24) is 0 Å². The second-order valence-corrected chi connectivity index (χ2v) is 7.38. The summed E-state index contributed by atoms with van der Waals surface area (Å²) in [5, 5.41) is 0. The zero-order valence-electron chi connectivity index (χ0n) is 17.8. The Hall–Kier alpha value is -0.660. The average Bonchev–Trinajstić information content (AvgIpc) is 2.58. The molecule has 0 fully saturated rings. The largest absolute Gasteiger partial charge is 0.300 e. The molecule has 0 radical (unpaired) electrons. The van der Waals surface area contributed by atoms with Crippen LogP contribution < -0.4 is 0 Å². The molecular weight excluding hydrogens is 308 g/mol. The standard InChI is InChI=1S/C12H24O.C11H22O/c1-3-4-5-6-7-8-9-10-11-12(2)13;1-3-5-7-9-11(12)10-8-6-4-2/h3-11H2,1-2H3;3-10H2,1-2H3.